The molecule has 0 atom stereocenters. The van der Waals surface area contributed by atoms with E-state index < -0.39 is 11.8 Å². The number of hydrogen-bond donors (Lipinski definition) is 1. The summed E-state index contributed by atoms with van der Waals surface area (Å²) < 4.78 is 13.6. The zero-order chi connectivity index (χ0) is 13.1. The Morgan fingerprint density at radius 3 is 2.53 bits per heavy atom. The molecule has 92 valence electrons. The summed E-state index contributed by atoms with van der Waals surface area (Å²) in [6, 6.07) is 4.81. The van der Waals surface area contributed by atoms with Crippen LogP contribution in [-0.2, 0) is 4.79 Å². The molecule has 0 amide bonds. The van der Waals surface area contributed by atoms with Gasteiger partial charge in [0.05, 0.1) is 0 Å². The second-order valence-electron chi connectivity index (χ2n) is 4.57. The predicted octanol–water partition coefficient (Wildman–Crippen LogP) is 3.81. The molecule has 0 aliphatic carbocycles. The molecule has 0 aromatic heterocycles. The van der Waals surface area contributed by atoms with E-state index in [4.69, 9.17) is 5.11 Å². The van der Waals surface area contributed by atoms with Crippen LogP contribution in [0, 0.1) is 5.82 Å². The van der Waals surface area contributed by atoms with Crippen LogP contribution in [0.4, 0.5) is 4.39 Å². The van der Waals surface area contributed by atoms with Crippen molar-refractivity contribution in [3.63, 3.8) is 0 Å². The lowest BCUT2D eigenvalue weighted by atomic mass is 10.2. The van der Waals surface area contributed by atoms with Crippen LogP contribution < -0.4 is 0 Å². The number of rotatable bonds is 3. The first-order valence-corrected chi connectivity index (χ1v) is 5.99. The maximum atomic E-state index is 13.6. The van der Waals surface area contributed by atoms with Crippen LogP contribution in [0.1, 0.15) is 26.3 Å². The van der Waals surface area contributed by atoms with Crippen molar-refractivity contribution >= 4 is 23.8 Å². The van der Waals surface area contributed by atoms with E-state index in [0.717, 1.165) is 11.0 Å². The molecular formula is C13H15FO2S. The lowest BCUT2D eigenvalue weighted by Crippen LogP contribution is -2.06. The van der Waals surface area contributed by atoms with E-state index in [2.05, 4.69) is 0 Å². The third-order valence-corrected chi connectivity index (χ3v) is 2.90. The molecule has 0 saturated heterocycles. The van der Waals surface area contributed by atoms with Crippen LogP contribution in [0.2, 0.25) is 0 Å². The molecule has 1 aromatic carbocycles. The van der Waals surface area contributed by atoms with Crippen LogP contribution >= 0.6 is 11.8 Å². The van der Waals surface area contributed by atoms with E-state index in [9.17, 15) is 9.18 Å². The average Bonchev–Trinajstić information content (AvgIpc) is 2.13. The smallest absolute Gasteiger partial charge is 0.328 e. The van der Waals surface area contributed by atoms with Crippen LogP contribution in [0.5, 0.6) is 0 Å². The highest BCUT2D eigenvalue weighted by Crippen LogP contribution is 2.32. The first-order chi connectivity index (χ1) is 7.78. The number of hydrogen-bond acceptors (Lipinski definition) is 2. The molecule has 17 heavy (non-hydrogen) atoms. The Morgan fingerprint density at radius 1 is 1.41 bits per heavy atom. The topological polar surface area (TPSA) is 37.3 Å². The molecule has 1 N–H and O–H groups in total. The van der Waals surface area contributed by atoms with E-state index in [0.29, 0.717) is 0 Å². The lowest BCUT2D eigenvalue weighted by molar-refractivity contribution is -0.131. The monoisotopic (exact) mass is 254 g/mol. The standard InChI is InChI=1S/C13H15FO2S/c1-13(2,3)17-10-6-4-9(11(14)8-10)5-7-12(15)16/h4-8H,1-3H3,(H,15,16)/b7-5+. The summed E-state index contributed by atoms with van der Waals surface area (Å²) in [6.07, 6.45) is 2.18. The van der Waals surface area contributed by atoms with Gasteiger partial charge in [0.1, 0.15) is 5.82 Å². The van der Waals surface area contributed by atoms with E-state index >= 15 is 0 Å². The van der Waals surface area contributed by atoms with Crippen LogP contribution in [0.15, 0.2) is 29.2 Å². The van der Waals surface area contributed by atoms with Gasteiger partial charge < -0.3 is 5.11 Å². The second-order valence-corrected chi connectivity index (χ2v) is 6.47. The van der Waals surface area contributed by atoms with E-state index in [1.54, 1.807) is 23.9 Å². The molecular weight excluding hydrogens is 239 g/mol. The highest BCUT2D eigenvalue weighted by Gasteiger charge is 2.13. The summed E-state index contributed by atoms with van der Waals surface area (Å²) >= 11 is 1.57. The Bertz CT molecular complexity index is 447. The van der Waals surface area contributed by atoms with Crippen LogP contribution in [-0.4, -0.2) is 15.8 Å². The van der Waals surface area contributed by atoms with Gasteiger partial charge in [-0.1, -0.05) is 26.8 Å². The summed E-state index contributed by atoms with van der Waals surface area (Å²) in [5, 5.41) is 8.46. The number of carbonyl (C=O) groups is 1. The molecule has 0 heterocycles. The molecule has 0 aliphatic heterocycles. The minimum atomic E-state index is -1.09. The molecule has 0 spiro atoms. The number of carboxylic acid groups (broad SMARTS) is 1. The van der Waals surface area contributed by atoms with E-state index in [1.165, 1.54) is 12.1 Å². The molecule has 1 aromatic rings. The van der Waals surface area contributed by atoms with Gasteiger partial charge in [-0.3, -0.25) is 0 Å². The normalized spacial score (nSPS) is 12.0. The lowest BCUT2D eigenvalue weighted by Gasteiger charge is -2.17. The van der Waals surface area contributed by atoms with Crippen molar-refractivity contribution in [2.24, 2.45) is 0 Å². The predicted molar refractivity (Wildman–Crippen MR) is 68.7 cm³/mol. The van der Waals surface area contributed by atoms with Gasteiger partial charge in [-0.25, -0.2) is 9.18 Å². The zero-order valence-corrected chi connectivity index (χ0v) is 10.8. The molecule has 4 heteroatoms. The third-order valence-electron chi connectivity index (χ3n) is 1.80. The highest BCUT2D eigenvalue weighted by molar-refractivity contribution is 8.00. The Labute approximate surface area is 105 Å². The maximum Gasteiger partial charge on any atom is 0.328 e. The quantitative estimate of drug-likeness (QED) is 0.658. The van der Waals surface area contributed by atoms with Gasteiger partial charge >= 0.3 is 5.97 Å². The van der Waals surface area contributed by atoms with Gasteiger partial charge in [0.25, 0.3) is 0 Å². The molecule has 0 radical (unpaired) electrons. The molecule has 0 unspecified atom stereocenters. The van der Waals surface area contributed by atoms with Crippen molar-refractivity contribution in [2.45, 2.75) is 30.4 Å². The van der Waals surface area contributed by atoms with E-state index in [1.807, 2.05) is 20.8 Å². The molecule has 0 fully saturated rings. The van der Waals surface area contributed by atoms with Crippen molar-refractivity contribution < 1.29 is 14.3 Å². The van der Waals surface area contributed by atoms with Crippen LogP contribution in [0.3, 0.4) is 0 Å². The summed E-state index contributed by atoms with van der Waals surface area (Å²) in [6.45, 7) is 6.15. The molecule has 0 bridgehead atoms. The Kier molecular flexibility index (Phi) is 4.34. The maximum absolute atomic E-state index is 13.6. The summed E-state index contributed by atoms with van der Waals surface area (Å²) in [4.78, 5) is 11.2. The van der Waals surface area contributed by atoms with Gasteiger partial charge in [0, 0.05) is 21.3 Å². The van der Waals surface area contributed by atoms with Crippen molar-refractivity contribution in [3.8, 4) is 0 Å². The second kappa shape index (κ2) is 5.36. The number of halogens is 1. The first-order valence-electron chi connectivity index (χ1n) is 5.17. The number of thioether (sulfide) groups is 1. The molecule has 0 saturated carbocycles. The van der Waals surface area contributed by atoms with Gasteiger partial charge in [-0.15, -0.1) is 11.8 Å². The fourth-order valence-corrected chi connectivity index (χ4v) is 2.23. The van der Waals surface area contributed by atoms with Gasteiger partial charge in [0.2, 0.25) is 0 Å². The highest BCUT2D eigenvalue weighted by atomic mass is 32.2. The van der Waals surface area contributed by atoms with Crippen molar-refractivity contribution in [3.05, 3.63) is 35.7 Å². The van der Waals surface area contributed by atoms with Crippen molar-refractivity contribution in [2.75, 3.05) is 0 Å². The summed E-state index contributed by atoms with van der Waals surface area (Å²) in [5.74, 6) is -1.49. The van der Waals surface area contributed by atoms with Crippen molar-refractivity contribution in [1.82, 2.24) is 0 Å². The fourth-order valence-electron chi connectivity index (χ4n) is 1.22. The molecule has 1 rings (SSSR count). The molecule has 0 aliphatic rings. The van der Waals surface area contributed by atoms with Gasteiger partial charge in [-0.05, 0) is 18.2 Å². The largest absolute Gasteiger partial charge is 0.478 e. The number of aliphatic carboxylic acids is 1. The summed E-state index contributed by atoms with van der Waals surface area (Å²) in [7, 11) is 0. The molecule has 2 nitrogen and oxygen atoms in total. The Hall–Kier alpha value is -1.29. The van der Waals surface area contributed by atoms with Gasteiger partial charge in [-0.2, -0.15) is 0 Å². The number of carboxylic acids is 1. The summed E-state index contributed by atoms with van der Waals surface area (Å²) in [5.41, 5.74) is 0.283. The SMILES string of the molecule is CC(C)(C)Sc1ccc(/C=C/C(=O)O)c(F)c1. The van der Waals surface area contributed by atoms with Gasteiger partial charge in [0.15, 0.2) is 0 Å². The number of benzene rings is 1. The fraction of sp³-hybridized carbons (Fsp3) is 0.308. The minimum Gasteiger partial charge on any atom is -0.478 e. The van der Waals surface area contributed by atoms with Crippen LogP contribution in [0.25, 0.3) is 6.08 Å². The Balaban J connectivity index is 2.90. The van der Waals surface area contributed by atoms with E-state index in [-0.39, 0.29) is 10.3 Å². The Morgan fingerprint density at radius 2 is 2.06 bits per heavy atom. The third kappa shape index (κ3) is 5.04. The average molecular weight is 254 g/mol. The zero-order valence-electron chi connectivity index (χ0n) is 10.0. The minimum absolute atomic E-state index is 0.0187. The first kappa shape index (κ1) is 13.8. The van der Waals surface area contributed by atoms with Crippen molar-refractivity contribution in [1.29, 1.82) is 0 Å².